The van der Waals surface area contributed by atoms with E-state index >= 15 is 0 Å². The molecule has 0 aliphatic rings. The number of aryl methyl sites for hydroxylation is 3. The number of pyridine rings is 1. The van der Waals surface area contributed by atoms with Gasteiger partial charge in [0.1, 0.15) is 10.7 Å². The predicted octanol–water partition coefficient (Wildman–Crippen LogP) is 4.88. The second-order valence-electron chi connectivity index (χ2n) is 5.34. The molecule has 0 unspecified atom stereocenters. The summed E-state index contributed by atoms with van der Waals surface area (Å²) in [6.07, 6.45) is 2.53. The Morgan fingerprint density at radius 1 is 1.09 bits per heavy atom. The Morgan fingerprint density at radius 3 is 2.13 bits per heavy atom. The first kappa shape index (κ1) is 17.5. The number of carbonyl (C=O) groups excluding carboxylic acids is 1. The summed E-state index contributed by atoms with van der Waals surface area (Å²) < 4.78 is 4.83. The third-order valence-electron chi connectivity index (χ3n) is 4.08. The SMILES string of the molecule is CCc1cc(-c2c(CC)cccc2CC)nc(Cl)c1C(=O)OC. The third-order valence-corrected chi connectivity index (χ3v) is 4.36. The molecule has 0 saturated heterocycles. The number of hydrogen-bond acceptors (Lipinski definition) is 3. The first-order valence-corrected chi connectivity index (χ1v) is 8.33. The van der Waals surface area contributed by atoms with Crippen molar-refractivity contribution < 1.29 is 9.53 Å². The largest absolute Gasteiger partial charge is 0.465 e. The van der Waals surface area contributed by atoms with Gasteiger partial charge in [0, 0.05) is 5.56 Å². The minimum absolute atomic E-state index is 0.208. The highest BCUT2D eigenvalue weighted by Gasteiger charge is 2.20. The van der Waals surface area contributed by atoms with Crippen LogP contribution in [-0.2, 0) is 24.0 Å². The second-order valence-corrected chi connectivity index (χ2v) is 5.69. The molecule has 0 N–H and O–H groups in total. The summed E-state index contributed by atoms with van der Waals surface area (Å²) in [6.45, 7) is 6.25. The van der Waals surface area contributed by atoms with Crippen LogP contribution in [0.15, 0.2) is 24.3 Å². The molecular weight excluding hydrogens is 310 g/mol. The van der Waals surface area contributed by atoms with Crippen LogP contribution in [0.5, 0.6) is 0 Å². The molecule has 1 aromatic heterocycles. The van der Waals surface area contributed by atoms with Crippen LogP contribution < -0.4 is 0 Å². The predicted molar refractivity (Wildman–Crippen MR) is 94.2 cm³/mol. The standard InChI is InChI=1S/C19H22ClNO2/c1-5-12-9-8-10-13(6-2)16(12)15-11-14(7-3)17(18(20)21-15)19(22)23-4/h8-11H,5-7H2,1-4H3. The Labute approximate surface area is 142 Å². The van der Waals surface area contributed by atoms with Crippen molar-refractivity contribution in [2.75, 3.05) is 7.11 Å². The van der Waals surface area contributed by atoms with Crippen molar-refractivity contribution in [3.05, 3.63) is 51.7 Å². The molecule has 0 spiro atoms. The normalized spacial score (nSPS) is 10.7. The summed E-state index contributed by atoms with van der Waals surface area (Å²) in [5.41, 5.74) is 5.66. The zero-order chi connectivity index (χ0) is 17.0. The number of nitrogens with zero attached hydrogens (tertiary/aromatic N) is 1. The van der Waals surface area contributed by atoms with E-state index in [1.54, 1.807) is 0 Å². The van der Waals surface area contributed by atoms with E-state index in [1.807, 2.05) is 13.0 Å². The number of aromatic nitrogens is 1. The number of methoxy groups -OCH3 is 1. The summed E-state index contributed by atoms with van der Waals surface area (Å²) in [7, 11) is 1.35. The van der Waals surface area contributed by atoms with Crippen LogP contribution in [0.2, 0.25) is 5.15 Å². The molecule has 0 aliphatic heterocycles. The van der Waals surface area contributed by atoms with Crippen molar-refractivity contribution in [3.63, 3.8) is 0 Å². The lowest BCUT2D eigenvalue weighted by molar-refractivity contribution is 0.0599. The van der Waals surface area contributed by atoms with E-state index in [0.29, 0.717) is 12.0 Å². The number of hydrogen-bond donors (Lipinski definition) is 0. The van der Waals surface area contributed by atoms with Gasteiger partial charge in [-0.1, -0.05) is 50.6 Å². The molecule has 0 radical (unpaired) electrons. The number of rotatable bonds is 5. The number of esters is 1. The summed E-state index contributed by atoms with van der Waals surface area (Å²) in [6, 6.07) is 8.27. The molecule has 1 heterocycles. The first-order chi connectivity index (χ1) is 11.1. The lowest BCUT2D eigenvalue weighted by Crippen LogP contribution is -2.09. The number of halogens is 1. The van der Waals surface area contributed by atoms with Crippen molar-refractivity contribution in [2.45, 2.75) is 40.0 Å². The van der Waals surface area contributed by atoms with Gasteiger partial charge in [-0.05, 0) is 42.0 Å². The summed E-state index contributed by atoms with van der Waals surface area (Å²) in [4.78, 5) is 16.5. The molecule has 0 saturated carbocycles. The highest BCUT2D eigenvalue weighted by atomic mass is 35.5. The van der Waals surface area contributed by atoms with E-state index < -0.39 is 5.97 Å². The van der Waals surface area contributed by atoms with E-state index in [-0.39, 0.29) is 5.15 Å². The molecule has 2 rings (SSSR count). The van der Waals surface area contributed by atoms with Crippen LogP contribution in [0.4, 0.5) is 0 Å². The van der Waals surface area contributed by atoms with Crippen LogP contribution in [0.25, 0.3) is 11.3 Å². The maximum atomic E-state index is 12.0. The first-order valence-electron chi connectivity index (χ1n) is 7.96. The summed E-state index contributed by atoms with van der Waals surface area (Å²) >= 11 is 6.32. The van der Waals surface area contributed by atoms with Gasteiger partial charge in [0.25, 0.3) is 0 Å². The van der Waals surface area contributed by atoms with Gasteiger partial charge in [-0.3, -0.25) is 0 Å². The van der Waals surface area contributed by atoms with Crippen molar-refractivity contribution in [2.24, 2.45) is 0 Å². The molecule has 0 aliphatic carbocycles. The van der Waals surface area contributed by atoms with Crippen molar-refractivity contribution in [1.29, 1.82) is 0 Å². The van der Waals surface area contributed by atoms with Crippen LogP contribution in [0, 0.1) is 0 Å². The fraction of sp³-hybridized carbons (Fsp3) is 0.368. The quantitative estimate of drug-likeness (QED) is 0.579. The fourth-order valence-electron chi connectivity index (χ4n) is 2.86. The molecule has 0 fully saturated rings. The van der Waals surface area contributed by atoms with Crippen LogP contribution >= 0.6 is 11.6 Å². The Bertz CT molecular complexity index is 703. The molecule has 1 aromatic carbocycles. The zero-order valence-corrected chi connectivity index (χ0v) is 14.8. The zero-order valence-electron chi connectivity index (χ0n) is 14.1. The smallest absolute Gasteiger partial charge is 0.341 e. The van der Waals surface area contributed by atoms with E-state index in [9.17, 15) is 4.79 Å². The van der Waals surface area contributed by atoms with Gasteiger partial charge >= 0.3 is 5.97 Å². The van der Waals surface area contributed by atoms with Crippen LogP contribution in [0.1, 0.15) is 47.8 Å². The average Bonchev–Trinajstić information content (AvgIpc) is 2.59. The molecule has 0 atom stereocenters. The lowest BCUT2D eigenvalue weighted by atomic mass is 9.93. The highest BCUT2D eigenvalue weighted by molar-refractivity contribution is 6.32. The molecule has 23 heavy (non-hydrogen) atoms. The maximum Gasteiger partial charge on any atom is 0.341 e. The third kappa shape index (κ3) is 3.40. The van der Waals surface area contributed by atoms with Crippen molar-refractivity contribution in [3.8, 4) is 11.3 Å². The van der Waals surface area contributed by atoms with E-state index in [4.69, 9.17) is 16.3 Å². The monoisotopic (exact) mass is 331 g/mol. The molecular formula is C19H22ClNO2. The van der Waals surface area contributed by atoms with Gasteiger partial charge in [0.15, 0.2) is 0 Å². The minimum atomic E-state index is -0.439. The second kappa shape index (κ2) is 7.60. The lowest BCUT2D eigenvalue weighted by Gasteiger charge is -2.15. The van der Waals surface area contributed by atoms with Gasteiger partial charge in [-0.15, -0.1) is 0 Å². The Morgan fingerprint density at radius 2 is 1.65 bits per heavy atom. The van der Waals surface area contributed by atoms with E-state index in [0.717, 1.165) is 29.7 Å². The number of ether oxygens (including phenoxy) is 1. The maximum absolute atomic E-state index is 12.0. The van der Waals surface area contributed by atoms with E-state index in [1.165, 1.54) is 18.2 Å². The van der Waals surface area contributed by atoms with Gasteiger partial charge in [-0.2, -0.15) is 0 Å². The summed E-state index contributed by atoms with van der Waals surface area (Å²) in [5, 5.41) is 0.208. The molecule has 3 nitrogen and oxygen atoms in total. The van der Waals surface area contributed by atoms with Gasteiger partial charge in [-0.25, -0.2) is 9.78 Å². The summed E-state index contributed by atoms with van der Waals surface area (Å²) in [5.74, 6) is -0.439. The van der Waals surface area contributed by atoms with Gasteiger partial charge in [0.2, 0.25) is 0 Å². The number of benzene rings is 1. The highest BCUT2D eigenvalue weighted by Crippen LogP contribution is 2.31. The molecule has 4 heteroatoms. The van der Waals surface area contributed by atoms with Crippen LogP contribution in [-0.4, -0.2) is 18.1 Å². The number of carbonyl (C=O) groups is 1. The fourth-order valence-corrected chi connectivity index (χ4v) is 3.15. The average molecular weight is 332 g/mol. The van der Waals surface area contributed by atoms with Crippen molar-refractivity contribution >= 4 is 17.6 Å². The topological polar surface area (TPSA) is 39.2 Å². The minimum Gasteiger partial charge on any atom is -0.465 e. The van der Waals surface area contributed by atoms with E-state index in [2.05, 4.69) is 37.0 Å². The Hall–Kier alpha value is -1.87. The molecule has 0 amide bonds. The van der Waals surface area contributed by atoms with Crippen molar-refractivity contribution in [1.82, 2.24) is 4.98 Å². The molecule has 2 aromatic rings. The van der Waals surface area contributed by atoms with Crippen LogP contribution in [0.3, 0.4) is 0 Å². The molecule has 122 valence electrons. The Balaban J connectivity index is 2.71. The Kier molecular flexibility index (Phi) is 5.78. The molecule has 0 bridgehead atoms. The van der Waals surface area contributed by atoms with Gasteiger partial charge in [0.05, 0.1) is 12.8 Å². The van der Waals surface area contributed by atoms with Gasteiger partial charge < -0.3 is 4.74 Å².